The van der Waals surface area contributed by atoms with Crippen LogP contribution in [-0.4, -0.2) is 32.5 Å². The van der Waals surface area contributed by atoms with Gasteiger partial charge in [-0.15, -0.1) is 0 Å². The summed E-state index contributed by atoms with van der Waals surface area (Å²) in [6, 6.07) is 5.69. The lowest BCUT2D eigenvalue weighted by molar-refractivity contribution is -0.173. The van der Waals surface area contributed by atoms with E-state index in [0.717, 1.165) is 22.2 Å². The zero-order chi connectivity index (χ0) is 15.7. The Morgan fingerprint density at radius 2 is 2.00 bits per heavy atom. The van der Waals surface area contributed by atoms with E-state index in [4.69, 9.17) is 4.74 Å². The minimum absolute atomic E-state index is 0.0126. The Bertz CT molecular complexity index is 427. The highest BCUT2D eigenvalue weighted by Gasteiger charge is 2.27. The molecular formula is C14H19BrF3NO2. The molecule has 0 heterocycles. The lowest BCUT2D eigenvalue weighted by atomic mass is 10.2. The Hall–Kier alpha value is -0.790. The quantitative estimate of drug-likeness (QED) is 0.669. The first kappa shape index (κ1) is 18.3. The number of alkyl halides is 3. The number of halogens is 4. The summed E-state index contributed by atoms with van der Waals surface area (Å²) in [5.41, 5.74) is 0.952. The van der Waals surface area contributed by atoms with Crippen LogP contribution in [0.1, 0.15) is 18.9 Å². The first-order valence-corrected chi connectivity index (χ1v) is 7.48. The Labute approximate surface area is 130 Å². The molecule has 0 aliphatic rings. The van der Waals surface area contributed by atoms with Crippen LogP contribution >= 0.6 is 15.9 Å². The fraction of sp³-hybridized carbons (Fsp3) is 0.571. The lowest BCUT2D eigenvalue weighted by Gasteiger charge is -2.13. The van der Waals surface area contributed by atoms with Crippen LogP contribution in [0.25, 0.3) is 0 Å². The summed E-state index contributed by atoms with van der Waals surface area (Å²) in [4.78, 5) is 0. The SMILES string of the molecule is CCCOc1ccc(Br)cc1CNCCOCC(F)(F)F. The van der Waals surface area contributed by atoms with Crippen LogP contribution in [0.5, 0.6) is 5.75 Å². The van der Waals surface area contributed by atoms with E-state index in [1.165, 1.54) is 0 Å². The van der Waals surface area contributed by atoms with Gasteiger partial charge in [-0.05, 0) is 24.6 Å². The molecule has 0 radical (unpaired) electrons. The van der Waals surface area contributed by atoms with E-state index < -0.39 is 12.8 Å². The second-order valence-corrected chi connectivity index (χ2v) is 5.36. The highest BCUT2D eigenvalue weighted by atomic mass is 79.9. The van der Waals surface area contributed by atoms with Gasteiger partial charge in [0.25, 0.3) is 0 Å². The van der Waals surface area contributed by atoms with Crippen molar-refractivity contribution in [2.45, 2.75) is 26.1 Å². The number of benzene rings is 1. The first-order valence-electron chi connectivity index (χ1n) is 6.69. The number of rotatable bonds is 9. The summed E-state index contributed by atoms with van der Waals surface area (Å²) >= 11 is 3.39. The van der Waals surface area contributed by atoms with Gasteiger partial charge in [-0.2, -0.15) is 13.2 Å². The van der Waals surface area contributed by atoms with Crippen molar-refractivity contribution in [2.24, 2.45) is 0 Å². The van der Waals surface area contributed by atoms with Crippen LogP contribution in [0, 0.1) is 0 Å². The summed E-state index contributed by atoms with van der Waals surface area (Å²) in [6.07, 6.45) is -3.36. The van der Waals surface area contributed by atoms with Crippen LogP contribution < -0.4 is 10.1 Å². The summed E-state index contributed by atoms with van der Waals surface area (Å²) in [5.74, 6) is 0.781. The largest absolute Gasteiger partial charge is 0.493 e. The van der Waals surface area contributed by atoms with Gasteiger partial charge < -0.3 is 14.8 Å². The van der Waals surface area contributed by atoms with Crippen molar-refractivity contribution in [2.75, 3.05) is 26.4 Å². The predicted molar refractivity (Wildman–Crippen MR) is 78.5 cm³/mol. The van der Waals surface area contributed by atoms with Crippen LogP contribution in [0.3, 0.4) is 0 Å². The number of hydrogen-bond acceptors (Lipinski definition) is 3. The summed E-state index contributed by atoms with van der Waals surface area (Å²) in [7, 11) is 0. The van der Waals surface area contributed by atoms with Gasteiger partial charge >= 0.3 is 6.18 Å². The molecule has 0 bridgehead atoms. The van der Waals surface area contributed by atoms with E-state index in [1.807, 2.05) is 25.1 Å². The maximum atomic E-state index is 11.9. The standard InChI is InChI=1S/C14H19BrF3NO2/c1-2-6-21-13-4-3-12(15)8-11(13)9-19-5-7-20-10-14(16,17)18/h3-4,8,19H,2,5-7,9-10H2,1H3. The van der Waals surface area contributed by atoms with Gasteiger partial charge in [0.1, 0.15) is 12.4 Å². The Morgan fingerprint density at radius 3 is 2.67 bits per heavy atom. The van der Waals surface area contributed by atoms with E-state index in [9.17, 15) is 13.2 Å². The summed E-state index contributed by atoms with van der Waals surface area (Å²) in [5, 5.41) is 3.04. The molecule has 7 heteroatoms. The van der Waals surface area contributed by atoms with E-state index in [1.54, 1.807) is 0 Å². The molecule has 0 aromatic heterocycles. The molecule has 0 fully saturated rings. The van der Waals surface area contributed by atoms with Gasteiger partial charge in [-0.3, -0.25) is 0 Å². The predicted octanol–water partition coefficient (Wildman–Crippen LogP) is 3.91. The van der Waals surface area contributed by atoms with E-state index in [2.05, 4.69) is 26.0 Å². The molecule has 0 spiro atoms. The van der Waals surface area contributed by atoms with Gasteiger partial charge in [0.15, 0.2) is 0 Å². The topological polar surface area (TPSA) is 30.5 Å². The molecule has 0 saturated heterocycles. The van der Waals surface area contributed by atoms with Crippen molar-refractivity contribution in [1.82, 2.24) is 5.32 Å². The average Bonchev–Trinajstić information content (AvgIpc) is 2.40. The highest BCUT2D eigenvalue weighted by Crippen LogP contribution is 2.23. The molecule has 0 saturated carbocycles. The van der Waals surface area contributed by atoms with Crippen molar-refractivity contribution < 1.29 is 22.6 Å². The molecule has 1 rings (SSSR count). The molecule has 0 amide bonds. The Kier molecular flexibility index (Phi) is 8.06. The van der Waals surface area contributed by atoms with E-state index >= 15 is 0 Å². The lowest BCUT2D eigenvalue weighted by Crippen LogP contribution is -2.23. The summed E-state index contributed by atoms with van der Waals surface area (Å²) in [6.45, 7) is 2.30. The zero-order valence-corrected chi connectivity index (χ0v) is 13.4. The van der Waals surface area contributed by atoms with E-state index in [0.29, 0.717) is 19.7 Å². The minimum atomic E-state index is -4.27. The molecule has 0 aliphatic carbocycles. The molecule has 120 valence electrons. The number of hydrogen-bond donors (Lipinski definition) is 1. The third-order valence-electron chi connectivity index (χ3n) is 2.49. The zero-order valence-electron chi connectivity index (χ0n) is 11.8. The minimum Gasteiger partial charge on any atom is -0.493 e. The molecular weight excluding hydrogens is 351 g/mol. The van der Waals surface area contributed by atoms with Crippen molar-refractivity contribution in [3.05, 3.63) is 28.2 Å². The number of nitrogens with one attached hydrogen (secondary N) is 1. The molecule has 0 atom stereocenters. The van der Waals surface area contributed by atoms with Crippen LogP contribution in [0.4, 0.5) is 13.2 Å². The van der Waals surface area contributed by atoms with Gasteiger partial charge in [0.2, 0.25) is 0 Å². The van der Waals surface area contributed by atoms with Gasteiger partial charge in [0.05, 0.1) is 13.2 Å². The fourth-order valence-electron chi connectivity index (χ4n) is 1.59. The summed E-state index contributed by atoms with van der Waals surface area (Å²) < 4.78 is 46.7. The second-order valence-electron chi connectivity index (χ2n) is 4.45. The molecule has 0 aliphatic heterocycles. The first-order chi connectivity index (χ1) is 9.92. The number of ether oxygens (including phenoxy) is 2. The Morgan fingerprint density at radius 1 is 1.24 bits per heavy atom. The normalized spacial score (nSPS) is 11.7. The second kappa shape index (κ2) is 9.27. The van der Waals surface area contributed by atoms with Crippen molar-refractivity contribution >= 4 is 15.9 Å². The maximum Gasteiger partial charge on any atom is 0.411 e. The molecule has 21 heavy (non-hydrogen) atoms. The van der Waals surface area contributed by atoms with Crippen LogP contribution in [-0.2, 0) is 11.3 Å². The average molecular weight is 370 g/mol. The van der Waals surface area contributed by atoms with Gasteiger partial charge in [0, 0.05) is 23.1 Å². The maximum absolute atomic E-state index is 11.9. The molecule has 3 nitrogen and oxygen atoms in total. The van der Waals surface area contributed by atoms with Gasteiger partial charge in [-0.25, -0.2) is 0 Å². The van der Waals surface area contributed by atoms with Crippen molar-refractivity contribution in [3.8, 4) is 5.75 Å². The molecule has 0 unspecified atom stereocenters. The molecule has 1 aromatic carbocycles. The fourth-order valence-corrected chi connectivity index (χ4v) is 2.00. The molecule has 1 N–H and O–H groups in total. The monoisotopic (exact) mass is 369 g/mol. The highest BCUT2D eigenvalue weighted by molar-refractivity contribution is 9.10. The van der Waals surface area contributed by atoms with Crippen LogP contribution in [0.2, 0.25) is 0 Å². The van der Waals surface area contributed by atoms with Crippen molar-refractivity contribution in [1.29, 1.82) is 0 Å². The smallest absolute Gasteiger partial charge is 0.411 e. The van der Waals surface area contributed by atoms with Crippen molar-refractivity contribution in [3.63, 3.8) is 0 Å². The molecule has 1 aromatic rings. The van der Waals surface area contributed by atoms with E-state index in [-0.39, 0.29) is 6.61 Å². The Balaban J connectivity index is 2.35. The van der Waals surface area contributed by atoms with Gasteiger partial charge in [-0.1, -0.05) is 22.9 Å². The third-order valence-corrected chi connectivity index (χ3v) is 2.98. The third kappa shape index (κ3) is 8.28. The van der Waals surface area contributed by atoms with Crippen LogP contribution in [0.15, 0.2) is 22.7 Å².